The van der Waals surface area contributed by atoms with E-state index in [1.807, 2.05) is 0 Å². The summed E-state index contributed by atoms with van der Waals surface area (Å²) < 4.78 is 26.6. The summed E-state index contributed by atoms with van der Waals surface area (Å²) in [6.45, 7) is 3.34. The second-order valence-electron chi connectivity index (χ2n) is 4.88. The first-order valence-corrected chi connectivity index (χ1v) is 6.49. The van der Waals surface area contributed by atoms with E-state index in [9.17, 15) is 13.9 Å². The summed E-state index contributed by atoms with van der Waals surface area (Å²) in [5.41, 5.74) is 0.0525. The molecule has 2 nitrogen and oxygen atoms in total. The van der Waals surface area contributed by atoms with Crippen LogP contribution >= 0.6 is 0 Å². The van der Waals surface area contributed by atoms with Crippen LogP contribution in [0.2, 0.25) is 0 Å². The van der Waals surface area contributed by atoms with Crippen LogP contribution in [0.25, 0.3) is 0 Å². The maximum absolute atomic E-state index is 13.6. The molecule has 1 fully saturated rings. The molecule has 0 aliphatic heterocycles. The lowest BCUT2D eigenvalue weighted by Gasteiger charge is -2.24. The summed E-state index contributed by atoms with van der Waals surface area (Å²) in [5, 5.41) is 10.1. The molecule has 2 rings (SSSR count). The average molecular weight is 255 g/mol. The van der Waals surface area contributed by atoms with Gasteiger partial charge in [0, 0.05) is 18.2 Å². The molecule has 0 bridgehead atoms. The van der Waals surface area contributed by atoms with Crippen molar-refractivity contribution < 1.29 is 13.9 Å². The van der Waals surface area contributed by atoms with Crippen molar-refractivity contribution >= 4 is 0 Å². The molecule has 0 spiro atoms. The highest BCUT2D eigenvalue weighted by Crippen LogP contribution is 2.29. The Kier molecular flexibility index (Phi) is 4.30. The smallest absolute Gasteiger partial charge is 0.164 e. The van der Waals surface area contributed by atoms with Crippen molar-refractivity contribution in [3.8, 4) is 0 Å². The van der Waals surface area contributed by atoms with Crippen LogP contribution in [0.4, 0.5) is 8.78 Å². The summed E-state index contributed by atoms with van der Waals surface area (Å²) in [6, 6.07) is 4.45. The van der Waals surface area contributed by atoms with Crippen LogP contribution in [0.3, 0.4) is 0 Å². The van der Waals surface area contributed by atoms with Gasteiger partial charge in [-0.2, -0.15) is 0 Å². The molecule has 0 saturated heterocycles. The number of nitrogens with zero attached hydrogens (tertiary/aromatic N) is 1. The summed E-state index contributed by atoms with van der Waals surface area (Å²) in [7, 11) is 0. The third kappa shape index (κ3) is 3.06. The molecule has 1 aromatic rings. The first-order valence-electron chi connectivity index (χ1n) is 6.49. The van der Waals surface area contributed by atoms with E-state index in [1.54, 1.807) is 0 Å². The second kappa shape index (κ2) is 5.76. The Morgan fingerprint density at radius 1 is 1.39 bits per heavy atom. The monoisotopic (exact) mass is 255 g/mol. The van der Waals surface area contributed by atoms with Crippen molar-refractivity contribution in [1.82, 2.24) is 4.90 Å². The largest absolute Gasteiger partial charge is 0.387 e. The summed E-state index contributed by atoms with van der Waals surface area (Å²) in [5.74, 6) is -1.84. The van der Waals surface area contributed by atoms with Crippen molar-refractivity contribution in [3.05, 3.63) is 35.4 Å². The van der Waals surface area contributed by atoms with Crippen molar-refractivity contribution in [2.45, 2.75) is 38.3 Å². The predicted octanol–water partition coefficient (Wildman–Crippen LogP) is 2.87. The molecule has 18 heavy (non-hydrogen) atoms. The Bertz CT molecular complexity index is 407. The van der Waals surface area contributed by atoms with Crippen LogP contribution in [0.5, 0.6) is 0 Å². The highest BCUT2D eigenvalue weighted by molar-refractivity contribution is 5.21. The molecule has 1 atom stereocenters. The van der Waals surface area contributed by atoms with Gasteiger partial charge in [0.2, 0.25) is 0 Å². The van der Waals surface area contributed by atoms with Crippen LogP contribution in [0.15, 0.2) is 18.2 Å². The van der Waals surface area contributed by atoms with Crippen molar-refractivity contribution in [1.29, 1.82) is 0 Å². The van der Waals surface area contributed by atoms with Gasteiger partial charge in [0.05, 0.1) is 6.10 Å². The molecule has 1 unspecified atom stereocenters. The first-order chi connectivity index (χ1) is 8.63. The van der Waals surface area contributed by atoms with Crippen LogP contribution in [-0.2, 0) is 0 Å². The topological polar surface area (TPSA) is 23.5 Å². The zero-order valence-electron chi connectivity index (χ0n) is 10.6. The molecular formula is C14H19F2NO. The van der Waals surface area contributed by atoms with E-state index in [0.717, 1.165) is 31.9 Å². The van der Waals surface area contributed by atoms with Gasteiger partial charge in [0.25, 0.3) is 0 Å². The average Bonchev–Trinajstić information content (AvgIpc) is 3.16. The lowest BCUT2D eigenvalue weighted by molar-refractivity contribution is 0.105. The normalized spacial score (nSPS) is 17.2. The molecule has 1 N–H and O–H groups in total. The van der Waals surface area contributed by atoms with Crippen molar-refractivity contribution in [2.24, 2.45) is 0 Å². The number of hydrogen-bond acceptors (Lipinski definition) is 2. The molecule has 1 saturated carbocycles. The molecule has 4 heteroatoms. The second-order valence-corrected chi connectivity index (χ2v) is 4.88. The minimum absolute atomic E-state index is 0.0525. The van der Waals surface area contributed by atoms with E-state index in [0.29, 0.717) is 12.6 Å². The molecule has 0 radical (unpaired) electrons. The highest BCUT2D eigenvalue weighted by Gasteiger charge is 2.30. The van der Waals surface area contributed by atoms with Gasteiger partial charge in [-0.1, -0.05) is 19.1 Å². The SMILES string of the molecule is CCCN(CC(O)c1cccc(F)c1F)C1CC1. The standard InChI is InChI=1S/C14H19F2NO/c1-2-8-17(10-6-7-10)9-13(18)11-4-3-5-12(15)14(11)16/h3-5,10,13,18H,2,6-9H2,1H3. The van der Waals surface area contributed by atoms with E-state index < -0.39 is 17.7 Å². The molecule has 1 aliphatic rings. The minimum Gasteiger partial charge on any atom is -0.387 e. The summed E-state index contributed by atoms with van der Waals surface area (Å²) in [6.07, 6.45) is 2.30. The van der Waals surface area contributed by atoms with E-state index in [-0.39, 0.29) is 5.56 Å². The Labute approximate surface area is 106 Å². The van der Waals surface area contributed by atoms with Gasteiger partial charge in [0.1, 0.15) is 0 Å². The predicted molar refractivity (Wildman–Crippen MR) is 66.2 cm³/mol. The van der Waals surface area contributed by atoms with Gasteiger partial charge in [-0.25, -0.2) is 8.78 Å². The Morgan fingerprint density at radius 3 is 2.72 bits per heavy atom. The van der Waals surface area contributed by atoms with Gasteiger partial charge in [-0.3, -0.25) is 4.90 Å². The minimum atomic E-state index is -0.965. The number of benzene rings is 1. The van der Waals surface area contributed by atoms with Gasteiger partial charge < -0.3 is 5.11 Å². The molecule has 0 aromatic heterocycles. The van der Waals surface area contributed by atoms with Gasteiger partial charge in [0.15, 0.2) is 11.6 Å². The van der Waals surface area contributed by atoms with Crippen LogP contribution in [-0.4, -0.2) is 29.1 Å². The summed E-state index contributed by atoms with van der Waals surface area (Å²) >= 11 is 0. The highest BCUT2D eigenvalue weighted by atomic mass is 19.2. The van der Waals surface area contributed by atoms with Crippen molar-refractivity contribution in [2.75, 3.05) is 13.1 Å². The van der Waals surface area contributed by atoms with Crippen LogP contribution < -0.4 is 0 Å². The molecule has 0 amide bonds. The number of aliphatic hydroxyl groups is 1. The zero-order valence-corrected chi connectivity index (χ0v) is 10.6. The number of halogens is 2. The number of rotatable bonds is 6. The summed E-state index contributed by atoms with van der Waals surface area (Å²) in [4.78, 5) is 2.16. The maximum atomic E-state index is 13.6. The fourth-order valence-corrected chi connectivity index (χ4v) is 2.25. The van der Waals surface area contributed by atoms with E-state index in [2.05, 4.69) is 11.8 Å². The van der Waals surface area contributed by atoms with E-state index >= 15 is 0 Å². The van der Waals surface area contributed by atoms with Gasteiger partial charge in [-0.05, 0) is 31.9 Å². The van der Waals surface area contributed by atoms with Crippen molar-refractivity contribution in [3.63, 3.8) is 0 Å². The first kappa shape index (κ1) is 13.4. The number of hydrogen-bond donors (Lipinski definition) is 1. The third-order valence-electron chi connectivity index (χ3n) is 3.32. The molecule has 1 aromatic carbocycles. The van der Waals surface area contributed by atoms with Gasteiger partial charge >= 0.3 is 0 Å². The Hall–Kier alpha value is -1.00. The Balaban J connectivity index is 2.05. The lowest BCUT2D eigenvalue weighted by Crippen LogP contribution is -2.31. The van der Waals surface area contributed by atoms with Gasteiger partial charge in [-0.15, -0.1) is 0 Å². The van der Waals surface area contributed by atoms with E-state index in [4.69, 9.17) is 0 Å². The fraction of sp³-hybridized carbons (Fsp3) is 0.571. The molecular weight excluding hydrogens is 236 g/mol. The third-order valence-corrected chi connectivity index (χ3v) is 3.32. The number of aliphatic hydroxyl groups excluding tert-OH is 1. The Morgan fingerprint density at radius 2 is 2.11 bits per heavy atom. The lowest BCUT2D eigenvalue weighted by atomic mass is 10.1. The molecule has 0 heterocycles. The fourth-order valence-electron chi connectivity index (χ4n) is 2.25. The maximum Gasteiger partial charge on any atom is 0.164 e. The molecule has 100 valence electrons. The van der Waals surface area contributed by atoms with Crippen LogP contribution in [0, 0.1) is 11.6 Å². The van der Waals surface area contributed by atoms with Crippen LogP contribution in [0.1, 0.15) is 37.9 Å². The zero-order chi connectivity index (χ0) is 13.1. The molecule has 1 aliphatic carbocycles. The quantitative estimate of drug-likeness (QED) is 0.845. The van der Waals surface area contributed by atoms with E-state index in [1.165, 1.54) is 12.1 Å².